The van der Waals surface area contributed by atoms with Gasteiger partial charge in [-0.1, -0.05) is 6.07 Å². The van der Waals surface area contributed by atoms with Crippen LogP contribution in [-0.2, 0) is 0 Å². The number of anilines is 1. The van der Waals surface area contributed by atoms with Gasteiger partial charge in [-0.05, 0) is 25.0 Å². The summed E-state index contributed by atoms with van der Waals surface area (Å²) < 4.78 is 5.18. The molecule has 1 aliphatic rings. The maximum absolute atomic E-state index is 11.1. The smallest absolute Gasteiger partial charge is 0.155 e. The summed E-state index contributed by atoms with van der Waals surface area (Å²) in [5, 5.41) is 0. The van der Waals surface area contributed by atoms with Crippen molar-refractivity contribution in [3.8, 4) is 5.75 Å². The van der Waals surface area contributed by atoms with Crippen molar-refractivity contribution >= 4 is 12.0 Å². The number of hydrogen-bond acceptors (Lipinski definition) is 3. The van der Waals surface area contributed by atoms with Gasteiger partial charge in [-0.25, -0.2) is 0 Å². The van der Waals surface area contributed by atoms with Gasteiger partial charge in [-0.2, -0.15) is 0 Å². The maximum Gasteiger partial charge on any atom is 0.155 e. The van der Waals surface area contributed by atoms with Crippen molar-refractivity contribution in [1.29, 1.82) is 0 Å². The lowest BCUT2D eigenvalue weighted by atomic mass is 10.1. The van der Waals surface area contributed by atoms with Crippen LogP contribution < -0.4 is 9.64 Å². The summed E-state index contributed by atoms with van der Waals surface area (Å²) in [6, 6.07) is 5.74. The van der Waals surface area contributed by atoms with Gasteiger partial charge in [0.05, 0.1) is 18.4 Å². The molecule has 0 aliphatic carbocycles. The largest absolute Gasteiger partial charge is 0.496 e. The molecule has 1 saturated heterocycles. The lowest BCUT2D eigenvalue weighted by Gasteiger charge is -2.20. The summed E-state index contributed by atoms with van der Waals surface area (Å²) in [5.74, 6) is 0.661. The molecule has 80 valence electrons. The van der Waals surface area contributed by atoms with Gasteiger partial charge < -0.3 is 9.64 Å². The summed E-state index contributed by atoms with van der Waals surface area (Å²) in [7, 11) is 1.59. The van der Waals surface area contributed by atoms with E-state index in [1.807, 2.05) is 18.2 Å². The second-order valence-corrected chi connectivity index (χ2v) is 3.71. The number of ether oxygens (including phenoxy) is 1. The molecule has 0 unspecified atom stereocenters. The minimum Gasteiger partial charge on any atom is -0.496 e. The van der Waals surface area contributed by atoms with Crippen LogP contribution in [0.5, 0.6) is 5.75 Å². The molecular weight excluding hydrogens is 190 g/mol. The predicted molar refractivity (Wildman–Crippen MR) is 59.8 cm³/mol. The van der Waals surface area contributed by atoms with Crippen molar-refractivity contribution < 1.29 is 9.53 Å². The minimum atomic E-state index is 0.661. The third-order valence-electron chi connectivity index (χ3n) is 2.83. The van der Waals surface area contributed by atoms with Crippen LogP contribution >= 0.6 is 0 Å². The van der Waals surface area contributed by atoms with Gasteiger partial charge in [-0.15, -0.1) is 0 Å². The van der Waals surface area contributed by atoms with E-state index in [0.717, 1.165) is 25.1 Å². The van der Waals surface area contributed by atoms with Crippen LogP contribution in [-0.4, -0.2) is 26.5 Å². The fourth-order valence-corrected chi connectivity index (χ4v) is 2.06. The standard InChI is InChI=1S/C12H15NO2/c1-15-12-6-4-5-11(10(12)9-14)13-7-2-3-8-13/h4-6,9H,2-3,7-8H2,1H3. The van der Waals surface area contributed by atoms with Crippen LogP contribution in [0.3, 0.4) is 0 Å². The van der Waals surface area contributed by atoms with E-state index in [4.69, 9.17) is 4.74 Å². The van der Waals surface area contributed by atoms with Crippen LogP contribution in [0.4, 0.5) is 5.69 Å². The monoisotopic (exact) mass is 205 g/mol. The molecule has 1 aromatic rings. The Kier molecular flexibility index (Phi) is 2.90. The van der Waals surface area contributed by atoms with E-state index < -0.39 is 0 Å². The second-order valence-electron chi connectivity index (χ2n) is 3.71. The summed E-state index contributed by atoms with van der Waals surface area (Å²) in [6.07, 6.45) is 3.29. The zero-order chi connectivity index (χ0) is 10.7. The van der Waals surface area contributed by atoms with E-state index in [1.165, 1.54) is 12.8 Å². The Morgan fingerprint density at radius 1 is 1.33 bits per heavy atom. The number of aldehydes is 1. The van der Waals surface area contributed by atoms with E-state index >= 15 is 0 Å². The molecule has 1 aromatic carbocycles. The molecule has 15 heavy (non-hydrogen) atoms. The summed E-state index contributed by atoms with van der Waals surface area (Å²) >= 11 is 0. The van der Waals surface area contributed by atoms with Crippen LogP contribution in [0.25, 0.3) is 0 Å². The zero-order valence-electron chi connectivity index (χ0n) is 8.90. The number of carbonyl (C=O) groups excluding carboxylic acids is 1. The Labute approximate surface area is 89.7 Å². The number of nitrogens with zero attached hydrogens (tertiary/aromatic N) is 1. The molecule has 3 nitrogen and oxygen atoms in total. The molecule has 0 bridgehead atoms. The Balaban J connectivity index is 2.40. The summed E-state index contributed by atoms with van der Waals surface area (Å²) in [4.78, 5) is 13.3. The number of hydrogen-bond donors (Lipinski definition) is 0. The molecule has 0 radical (unpaired) electrons. The highest BCUT2D eigenvalue weighted by molar-refractivity contribution is 5.88. The quantitative estimate of drug-likeness (QED) is 0.708. The number of methoxy groups -OCH3 is 1. The summed E-state index contributed by atoms with van der Waals surface area (Å²) in [5.41, 5.74) is 1.67. The molecule has 0 saturated carbocycles. The lowest BCUT2D eigenvalue weighted by molar-refractivity contribution is 0.112. The minimum absolute atomic E-state index is 0.661. The molecule has 3 heteroatoms. The van der Waals surface area contributed by atoms with E-state index in [2.05, 4.69) is 4.90 Å². The SMILES string of the molecule is COc1cccc(N2CCCC2)c1C=O. The van der Waals surface area contributed by atoms with Gasteiger partial charge in [0.2, 0.25) is 0 Å². The molecule has 0 atom stereocenters. The Morgan fingerprint density at radius 2 is 2.07 bits per heavy atom. The van der Waals surface area contributed by atoms with Gasteiger partial charge >= 0.3 is 0 Å². The summed E-state index contributed by atoms with van der Waals surface area (Å²) in [6.45, 7) is 2.07. The van der Waals surface area contributed by atoms with Crippen molar-refractivity contribution in [3.05, 3.63) is 23.8 Å². The molecule has 0 amide bonds. The van der Waals surface area contributed by atoms with Crippen molar-refractivity contribution in [2.75, 3.05) is 25.1 Å². The fourth-order valence-electron chi connectivity index (χ4n) is 2.06. The number of carbonyl (C=O) groups is 1. The molecule has 0 N–H and O–H groups in total. The molecule has 2 rings (SSSR count). The average Bonchev–Trinajstić information content (AvgIpc) is 2.81. The van der Waals surface area contributed by atoms with Crippen molar-refractivity contribution in [1.82, 2.24) is 0 Å². The van der Waals surface area contributed by atoms with E-state index in [9.17, 15) is 4.79 Å². The van der Waals surface area contributed by atoms with Gasteiger partial charge in [-0.3, -0.25) is 4.79 Å². The highest BCUT2D eigenvalue weighted by atomic mass is 16.5. The Bertz CT molecular complexity index is 357. The van der Waals surface area contributed by atoms with Crippen LogP contribution in [0.2, 0.25) is 0 Å². The van der Waals surface area contributed by atoms with Gasteiger partial charge in [0.15, 0.2) is 6.29 Å². The van der Waals surface area contributed by atoms with E-state index in [-0.39, 0.29) is 0 Å². The molecular formula is C12H15NO2. The Morgan fingerprint density at radius 3 is 2.67 bits per heavy atom. The van der Waals surface area contributed by atoms with Gasteiger partial charge in [0.25, 0.3) is 0 Å². The molecule has 1 heterocycles. The van der Waals surface area contributed by atoms with E-state index in [1.54, 1.807) is 7.11 Å². The highest BCUT2D eigenvalue weighted by Crippen LogP contribution is 2.29. The molecule has 0 aromatic heterocycles. The molecule has 1 fully saturated rings. The lowest BCUT2D eigenvalue weighted by Crippen LogP contribution is -2.19. The first-order chi connectivity index (χ1) is 7.36. The Hall–Kier alpha value is -1.51. The first kappa shape index (κ1) is 10.0. The van der Waals surface area contributed by atoms with Gasteiger partial charge in [0.1, 0.15) is 5.75 Å². The number of rotatable bonds is 3. The van der Waals surface area contributed by atoms with Crippen LogP contribution in [0.1, 0.15) is 23.2 Å². The second kappa shape index (κ2) is 4.34. The van der Waals surface area contributed by atoms with Crippen molar-refractivity contribution in [3.63, 3.8) is 0 Å². The first-order valence-electron chi connectivity index (χ1n) is 5.24. The molecule has 0 spiro atoms. The molecule has 1 aliphatic heterocycles. The van der Waals surface area contributed by atoms with E-state index in [0.29, 0.717) is 11.3 Å². The maximum atomic E-state index is 11.1. The number of benzene rings is 1. The third kappa shape index (κ3) is 1.82. The fraction of sp³-hybridized carbons (Fsp3) is 0.417. The van der Waals surface area contributed by atoms with Crippen molar-refractivity contribution in [2.45, 2.75) is 12.8 Å². The zero-order valence-corrected chi connectivity index (χ0v) is 8.90. The van der Waals surface area contributed by atoms with Crippen LogP contribution in [0.15, 0.2) is 18.2 Å². The predicted octanol–water partition coefficient (Wildman–Crippen LogP) is 2.11. The highest BCUT2D eigenvalue weighted by Gasteiger charge is 2.17. The first-order valence-corrected chi connectivity index (χ1v) is 5.24. The van der Waals surface area contributed by atoms with Gasteiger partial charge in [0, 0.05) is 13.1 Å². The normalized spacial score (nSPS) is 15.4. The average molecular weight is 205 g/mol. The topological polar surface area (TPSA) is 29.5 Å². The van der Waals surface area contributed by atoms with Crippen molar-refractivity contribution in [2.24, 2.45) is 0 Å². The third-order valence-corrected chi connectivity index (χ3v) is 2.83. The van der Waals surface area contributed by atoms with Crippen LogP contribution in [0, 0.1) is 0 Å².